The van der Waals surface area contributed by atoms with E-state index in [1.54, 1.807) is 60.7 Å². The largest absolute Gasteiger partial charge is 0.507 e. The van der Waals surface area contributed by atoms with E-state index in [9.17, 15) is 14.7 Å². The second-order valence-corrected chi connectivity index (χ2v) is 7.50. The van der Waals surface area contributed by atoms with Crippen LogP contribution < -0.4 is 14.4 Å². The Balaban J connectivity index is 1.97. The van der Waals surface area contributed by atoms with Gasteiger partial charge < -0.3 is 14.6 Å². The van der Waals surface area contributed by atoms with E-state index in [4.69, 9.17) is 21.1 Å². The number of ketones is 1. The van der Waals surface area contributed by atoms with Crippen LogP contribution in [-0.4, -0.2) is 31.0 Å². The Bertz CT molecular complexity index is 1220. The lowest BCUT2D eigenvalue weighted by atomic mass is 9.94. The van der Waals surface area contributed by atoms with Crippen molar-refractivity contribution in [2.24, 2.45) is 0 Å². The van der Waals surface area contributed by atoms with Gasteiger partial charge >= 0.3 is 0 Å². The van der Waals surface area contributed by atoms with E-state index in [1.165, 1.54) is 25.2 Å². The minimum atomic E-state index is -0.894. The quantitative estimate of drug-likeness (QED) is 0.337. The summed E-state index contributed by atoms with van der Waals surface area (Å²) in [6, 6.07) is 19.7. The van der Waals surface area contributed by atoms with Crippen LogP contribution >= 0.6 is 11.6 Å². The highest BCUT2D eigenvalue weighted by Crippen LogP contribution is 2.45. The fraction of sp³-hybridized carbons (Fsp3) is 0.120. The monoisotopic (exact) mass is 449 g/mol. The van der Waals surface area contributed by atoms with Crippen LogP contribution in [0.25, 0.3) is 5.76 Å². The van der Waals surface area contributed by atoms with Crippen molar-refractivity contribution in [3.05, 3.63) is 94.5 Å². The molecule has 7 heteroatoms. The number of carbonyl (C=O) groups is 2. The molecule has 1 saturated heterocycles. The van der Waals surface area contributed by atoms with Gasteiger partial charge in [-0.3, -0.25) is 14.5 Å². The van der Waals surface area contributed by atoms with E-state index in [-0.39, 0.29) is 16.4 Å². The molecule has 1 heterocycles. The number of aliphatic hydroxyl groups excluding tert-OH is 1. The Hall–Kier alpha value is -3.77. The summed E-state index contributed by atoms with van der Waals surface area (Å²) in [7, 11) is 2.99. The number of aliphatic hydroxyl groups is 1. The number of halogens is 1. The molecule has 0 radical (unpaired) electrons. The topological polar surface area (TPSA) is 76.1 Å². The van der Waals surface area contributed by atoms with Gasteiger partial charge in [0.05, 0.1) is 30.9 Å². The summed E-state index contributed by atoms with van der Waals surface area (Å²) < 4.78 is 10.7. The molecule has 3 aromatic carbocycles. The Morgan fingerprint density at radius 1 is 0.906 bits per heavy atom. The second kappa shape index (κ2) is 8.77. The minimum Gasteiger partial charge on any atom is -0.507 e. The van der Waals surface area contributed by atoms with Gasteiger partial charge in [-0.15, -0.1) is 0 Å². The first-order valence-corrected chi connectivity index (χ1v) is 10.2. The van der Waals surface area contributed by atoms with Crippen molar-refractivity contribution >= 4 is 34.7 Å². The van der Waals surface area contributed by atoms with Crippen molar-refractivity contribution in [1.82, 2.24) is 0 Å². The molecule has 1 aliphatic heterocycles. The molecule has 1 amide bonds. The highest BCUT2D eigenvalue weighted by atomic mass is 35.5. The number of Topliss-reactive ketones (excluding diaryl/α,β-unsaturated/α-hetero) is 1. The van der Waals surface area contributed by atoms with Crippen molar-refractivity contribution in [2.45, 2.75) is 6.04 Å². The van der Waals surface area contributed by atoms with Crippen LogP contribution in [0.5, 0.6) is 11.5 Å². The summed E-state index contributed by atoms with van der Waals surface area (Å²) in [5.41, 5.74) is 1.34. The number of hydrogen-bond donors (Lipinski definition) is 1. The normalized spacial score (nSPS) is 17.5. The first kappa shape index (κ1) is 21.5. The average molecular weight is 450 g/mol. The van der Waals surface area contributed by atoms with Gasteiger partial charge in [-0.25, -0.2) is 0 Å². The SMILES string of the molecule is COc1ccc(/C(O)=C2\C(=O)C(=O)N(c3ccccc3)C2c2ccccc2OC)cc1Cl. The third kappa shape index (κ3) is 3.59. The molecule has 3 aromatic rings. The molecule has 1 unspecified atom stereocenters. The molecule has 0 saturated carbocycles. The number of benzene rings is 3. The highest BCUT2D eigenvalue weighted by Gasteiger charge is 2.47. The number of ether oxygens (including phenoxy) is 2. The van der Waals surface area contributed by atoms with Gasteiger partial charge in [0.1, 0.15) is 17.3 Å². The van der Waals surface area contributed by atoms with Crippen molar-refractivity contribution < 1.29 is 24.2 Å². The van der Waals surface area contributed by atoms with Crippen LogP contribution in [-0.2, 0) is 9.59 Å². The molecule has 0 spiro atoms. The maximum atomic E-state index is 13.2. The molecule has 0 aromatic heterocycles. The molecule has 0 aliphatic carbocycles. The zero-order valence-corrected chi connectivity index (χ0v) is 18.2. The van der Waals surface area contributed by atoms with Gasteiger partial charge in [-0.2, -0.15) is 0 Å². The molecule has 1 fully saturated rings. The van der Waals surface area contributed by atoms with E-state index in [1.807, 2.05) is 6.07 Å². The van der Waals surface area contributed by atoms with E-state index >= 15 is 0 Å². The van der Waals surface area contributed by atoms with Crippen molar-refractivity contribution in [1.29, 1.82) is 0 Å². The number of anilines is 1. The summed E-state index contributed by atoms with van der Waals surface area (Å²) in [5.74, 6) is -0.960. The number of carbonyl (C=O) groups excluding carboxylic acids is 2. The molecule has 1 N–H and O–H groups in total. The first-order chi connectivity index (χ1) is 15.5. The predicted molar refractivity (Wildman–Crippen MR) is 122 cm³/mol. The van der Waals surface area contributed by atoms with E-state index in [0.29, 0.717) is 28.3 Å². The fourth-order valence-corrected chi connectivity index (χ4v) is 4.10. The molecular weight excluding hydrogens is 430 g/mol. The maximum absolute atomic E-state index is 13.2. The average Bonchev–Trinajstić information content (AvgIpc) is 3.09. The summed E-state index contributed by atoms with van der Waals surface area (Å²) in [4.78, 5) is 27.7. The third-order valence-electron chi connectivity index (χ3n) is 5.34. The van der Waals surface area contributed by atoms with Gasteiger partial charge in [-0.1, -0.05) is 48.0 Å². The molecule has 6 nitrogen and oxygen atoms in total. The van der Waals surface area contributed by atoms with Gasteiger partial charge in [0.2, 0.25) is 0 Å². The zero-order valence-electron chi connectivity index (χ0n) is 17.4. The lowest BCUT2D eigenvalue weighted by Crippen LogP contribution is -2.29. The van der Waals surface area contributed by atoms with Crippen molar-refractivity contribution in [3.8, 4) is 11.5 Å². The Kier molecular flexibility index (Phi) is 5.88. The van der Waals surface area contributed by atoms with E-state index in [0.717, 1.165) is 0 Å². The summed E-state index contributed by atoms with van der Waals surface area (Å²) in [5, 5.41) is 11.5. The molecule has 1 atom stereocenters. The molecule has 32 heavy (non-hydrogen) atoms. The zero-order chi connectivity index (χ0) is 22.8. The fourth-order valence-electron chi connectivity index (χ4n) is 3.84. The first-order valence-electron chi connectivity index (χ1n) is 9.80. The van der Waals surface area contributed by atoms with Crippen molar-refractivity contribution in [3.63, 3.8) is 0 Å². The number of amides is 1. The van der Waals surface area contributed by atoms with Gasteiger partial charge in [0, 0.05) is 16.8 Å². The smallest absolute Gasteiger partial charge is 0.300 e. The van der Waals surface area contributed by atoms with Gasteiger partial charge in [0.25, 0.3) is 11.7 Å². The van der Waals surface area contributed by atoms with Crippen molar-refractivity contribution in [2.75, 3.05) is 19.1 Å². The number of methoxy groups -OCH3 is 2. The minimum absolute atomic E-state index is 0.0513. The number of nitrogens with zero attached hydrogens (tertiary/aromatic N) is 1. The second-order valence-electron chi connectivity index (χ2n) is 7.10. The van der Waals surface area contributed by atoms with Gasteiger partial charge in [0.15, 0.2) is 0 Å². The van der Waals surface area contributed by atoms with Crippen LogP contribution in [0.15, 0.2) is 78.4 Å². The number of hydrogen-bond acceptors (Lipinski definition) is 5. The lowest BCUT2D eigenvalue weighted by molar-refractivity contribution is -0.132. The number of rotatable bonds is 5. The summed E-state index contributed by atoms with van der Waals surface area (Å²) in [6.45, 7) is 0. The molecule has 162 valence electrons. The predicted octanol–water partition coefficient (Wildman–Crippen LogP) is 4.98. The van der Waals surface area contributed by atoms with Crippen LogP contribution in [0, 0.1) is 0 Å². The van der Waals surface area contributed by atoms with Crippen LogP contribution in [0.1, 0.15) is 17.2 Å². The van der Waals surface area contributed by atoms with E-state index in [2.05, 4.69) is 0 Å². The molecule has 0 bridgehead atoms. The standard InChI is InChI=1S/C25H20ClNO5/c1-31-19-11-7-6-10-17(19)22-21(23(28)15-12-13-20(32-2)18(26)14-15)24(29)25(30)27(22)16-8-4-3-5-9-16/h3-14,22,28H,1-2H3/b23-21+. The van der Waals surface area contributed by atoms with E-state index < -0.39 is 17.7 Å². The summed E-state index contributed by atoms with van der Waals surface area (Å²) >= 11 is 6.23. The molecule has 1 aliphatic rings. The number of para-hydroxylation sites is 2. The Morgan fingerprint density at radius 3 is 2.22 bits per heavy atom. The van der Waals surface area contributed by atoms with Crippen LogP contribution in [0.3, 0.4) is 0 Å². The molecule has 4 rings (SSSR count). The Labute approximate surface area is 190 Å². The van der Waals surface area contributed by atoms with Crippen LogP contribution in [0.2, 0.25) is 5.02 Å². The molecular formula is C25H20ClNO5. The maximum Gasteiger partial charge on any atom is 0.300 e. The highest BCUT2D eigenvalue weighted by molar-refractivity contribution is 6.51. The van der Waals surface area contributed by atoms with Crippen LogP contribution in [0.4, 0.5) is 5.69 Å². The third-order valence-corrected chi connectivity index (χ3v) is 5.63. The van der Waals surface area contributed by atoms with Gasteiger partial charge in [-0.05, 0) is 36.4 Å². The lowest BCUT2D eigenvalue weighted by Gasteiger charge is -2.26. The summed E-state index contributed by atoms with van der Waals surface area (Å²) in [6.07, 6.45) is 0. The Morgan fingerprint density at radius 2 is 1.56 bits per heavy atom.